The van der Waals surface area contributed by atoms with Crippen LogP contribution in [-0.4, -0.2) is 44.8 Å². The molecule has 4 atom stereocenters. The summed E-state index contributed by atoms with van der Waals surface area (Å²) in [4.78, 5) is 26.2. The van der Waals surface area contributed by atoms with Crippen molar-refractivity contribution < 1.29 is 19.3 Å². The minimum atomic E-state index is -1.94. The van der Waals surface area contributed by atoms with Crippen LogP contribution in [0.4, 0.5) is 10.1 Å². The van der Waals surface area contributed by atoms with E-state index >= 15 is 0 Å². The van der Waals surface area contributed by atoms with Crippen molar-refractivity contribution in [3.05, 3.63) is 51.3 Å². The number of aliphatic hydroxyl groups is 2. The molecule has 5 N–H and O–H groups in total. The number of para-hydroxylation sites is 1. The molecule has 24 heavy (non-hydrogen) atoms. The van der Waals surface area contributed by atoms with Crippen LogP contribution in [-0.2, 0) is 4.74 Å². The summed E-state index contributed by atoms with van der Waals surface area (Å²) >= 11 is 0. The van der Waals surface area contributed by atoms with Crippen molar-refractivity contribution in [3.63, 3.8) is 0 Å². The number of halogens is 1. The Morgan fingerprint density at radius 3 is 2.62 bits per heavy atom. The summed E-state index contributed by atoms with van der Waals surface area (Å²) in [5, 5.41) is 18.8. The molecule has 2 aromatic rings. The number of nitrogens with two attached hydrogens (primary N) is 1. The van der Waals surface area contributed by atoms with Gasteiger partial charge < -0.3 is 20.7 Å². The number of aromatic nitrogens is 2. The average Bonchev–Trinajstić information content (AvgIpc) is 2.84. The third-order valence-electron chi connectivity index (χ3n) is 3.97. The van der Waals surface area contributed by atoms with E-state index in [1.165, 1.54) is 0 Å². The number of alkyl halides is 1. The quantitative estimate of drug-likeness (QED) is 0.552. The van der Waals surface area contributed by atoms with Crippen LogP contribution in [0.15, 0.2) is 40.1 Å². The number of nitrogens with one attached hydrogen (secondary N) is 1. The molecule has 0 radical (unpaired) electrons. The molecule has 9 heteroatoms. The highest BCUT2D eigenvalue weighted by Gasteiger charge is 2.45. The van der Waals surface area contributed by atoms with Crippen LogP contribution in [0.1, 0.15) is 6.23 Å². The fourth-order valence-electron chi connectivity index (χ4n) is 2.69. The number of H-pyrrole nitrogens is 1. The number of nitrogen functional groups attached to an aromatic ring is 1. The number of nitrogens with zero attached hydrogens (tertiary/aromatic N) is 1. The van der Waals surface area contributed by atoms with E-state index in [2.05, 4.69) is 4.98 Å². The summed E-state index contributed by atoms with van der Waals surface area (Å²) in [5.74, 6) is 0. The predicted molar refractivity (Wildman–Crippen MR) is 83.1 cm³/mol. The summed E-state index contributed by atoms with van der Waals surface area (Å²) in [6.45, 7) is -0.602. The zero-order valence-corrected chi connectivity index (χ0v) is 12.4. The molecule has 1 aromatic carbocycles. The Labute approximate surface area is 134 Å². The number of hydrogen-bond donors (Lipinski definition) is 4. The first-order chi connectivity index (χ1) is 11.4. The molecule has 0 amide bonds. The van der Waals surface area contributed by atoms with Gasteiger partial charge in [-0.05, 0) is 6.07 Å². The van der Waals surface area contributed by atoms with Gasteiger partial charge in [-0.3, -0.25) is 14.3 Å². The molecule has 1 aliphatic rings. The molecular weight excluding hydrogens is 321 g/mol. The normalized spacial score (nSPS) is 26.6. The second-order valence-corrected chi connectivity index (χ2v) is 5.48. The van der Waals surface area contributed by atoms with Gasteiger partial charge in [0.1, 0.15) is 12.2 Å². The van der Waals surface area contributed by atoms with Crippen LogP contribution in [0.5, 0.6) is 0 Å². The zero-order chi connectivity index (χ0) is 17.4. The smallest absolute Gasteiger partial charge is 0.330 e. The van der Waals surface area contributed by atoms with E-state index in [0.29, 0.717) is 11.3 Å². The summed E-state index contributed by atoms with van der Waals surface area (Å²) in [7, 11) is 0. The summed E-state index contributed by atoms with van der Waals surface area (Å²) < 4.78 is 20.3. The molecule has 1 aliphatic heterocycles. The van der Waals surface area contributed by atoms with Crippen molar-refractivity contribution in [2.24, 2.45) is 0 Å². The second kappa shape index (κ2) is 6.19. The Hall–Kier alpha value is -2.49. The van der Waals surface area contributed by atoms with E-state index in [4.69, 9.17) is 15.6 Å². The highest BCUT2D eigenvalue weighted by Crippen LogP contribution is 2.31. The Bertz CT molecular complexity index is 865. The molecule has 2 heterocycles. The SMILES string of the molecule is Nc1ccccc1-c1cn([C@@H]2O[C@H](CO)[C@@H](O)[C@@H]2F)c(=O)[nH]c1=O. The van der Waals surface area contributed by atoms with Crippen molar-refractivity contribution >= 4 is 5.69 Å². The zero-order valence-electron chi connectivity index (χ0n) is 12.4. The van der Waals surface area contributed by atoms with Crippen LogP contribution in [0, 0.1) is 0 Å². The van der Waals surface area contributed by atoms with Crippen LogP contribution in [0.25, 0.3) is 11.1 Å². The number of rotatable bonds is 3. The minimum Gasteiger partial charge on any atom is -0.398 e. The van der Waals surface area contributed by atoms with E-state index in [1.807, 2.05) is 0 Å². The van der Waals surface area contributed by atoms with Crippen molar-refractivity contribution in [1.82, 2.24) is 9.55 Å². The first-order valence-electron chi connectivity index (χ1n) is 7.23. The third-order valence-corrected chi connectivity index (χ3v) is 3.97. The van der Waals surface area contributed by atoms with Gasteiger partial charge >= 0.3 is 5.69 Å². The van der Waals surface area contributed by atoms with E-state index in [-0.39, 0.29) is 5.56 Å². The number of aliphatic hydroxyl groups excluding tert-OH is 2. The molecular formula is C15H16FN3O5. The maximum absolute atomic E-state index is 14.2. The fraction of sp³-hybridized carbons (Fsp3) is 0.333. The van der Waals surface area contributed by atoms with Gasteiger partial charge in [0, 0.05) is 17.4 Å². The van der Waals surface area contributed by atoms with Crippen LogP contribution in [0.3, 0.4) is 0 Å². The Kier molecular flexibility index (Phi) is 4.22. The van der Waals surface area contributed by atoms with Gasteiger partial charge in [0.2, 0.25) is 0 Å². The number of hydrogen-bond acceptors (Lipinski definition) is 6. The maximum atomic E-state index is 14.2. The van der Waals surface area contributed by atoms with Crippen LogP contribution >= 0.6 is 0 Å². The molecule has 8 nitrogen and oxygen atoms in total. The minimum absolute atomic E-state index is 0.0606. The monoisotopic (exact) mass is 337 g/mol. The topological polar surface area (TPSA) is 131 Å². The van der Waals surface area contributed by atoms with Gasteiger partial charge in [0.25, 0.3) is 5.56 Å². The Morgan fingerprint density at radius 1 is 1.29 bits per heavy atom. The van der Waals surface area contributed by atoms with Crippen LogP contribution < -0.4 is 17.0 Å². The lowest BCUT2D eigenvalue weighted by Gasteiger charge is -2.17. The molecule has 3 rings (SSSR count). The molecule has 0 saturated carbocycles. The van der Waals surface area contributed by atoms with E-state index < -0.39 is 42.5 Å². The van der Waals surface area contributed by atoms with Crippen LogP contribution in [0.2, 0.25) is 0 Å². The van der Waals surface area contributed by atoms with E-state index in [0.717, 1.165) is 10.8 Å². The lowest BCUT2D eigenvalue weighted by Crippen LogP contribution is -2.36. The Balaban J connectivity index is 2.11. The van der Waals surface area contributed by atoms with Crippen molar-refractivity contribution in [2.75, 3.05) is 12.3 Å². The summed E-state index contributed by atoms with van der Waals surface area (Å²) in [6.07, 6.45) is -5.01. The van der Waals surface area contributed by atoms with Gasteiger partial charge in [-0.15, -0.1) is 0 Å². The largest absolute Gasteiger partial charge is 0.398 e. The first kappa shape index (κ1) is 16.4. The molecule has 0 spiro atoms. The van der Waals surface area contributed by atoms with Gasteiger partial charge in [-0.1, -0.05) is 18.2 Å². The fourth-order valence-corrected chi connectivity index (χ4v) is 2.69. The first-order valence-corrected chi connectivity index (χ1v) is 7.23. The standard InChI is InChI=1S/C15H16FN3O5/c16-11-12(21)10(6-20)24-14(11)19-5-8(13(22)18-15(19)23)7-3-1-2-4-9(7)17/h1-5,10-12,14,20-21H,6,17H2,(H,18,22,23)/t10-,11+,12-,14-/m1/s1. The van der Waals surface area contributed by atoms with Gasteiger partial charge in [0.15, 0.2) is 12.4 Å². The molecule has 0 aliphatic carbocycles. The van der Waals surface area contributed by atoms with Gasteiger partial charge in [0.05, 0.1) is 12.2 Å². The predicted octanol–water partition coefficient (Wildman–Crippen LogP) is -0.626. The molecule has 0 bridgehead atoms. The second-order valence-electron chi connectivity index (χ2n) is 5.48. The summed E-state index contributed by atoms with van der Waals surface area (Å²) in [6, 6.07) is 6.52. The highest BCUT2D eigenvalue weighted by atomic mass is 19.1. The highest BCUT2D eigenvalue weighted by molar-refractivity contribution is 5.74. The number of anilines is 1. The average molecular weight is 337 g/mol. The molecule has 128 valence electrons. The van der Waals surface area contributed by atoms with Gasteiger partial charge in [-0.25, -0.2) is 9.18 Å². The molecule has 1 saturated heterocycles. The van der Waals surface area contributed by atoms with Crippen molar-refractivity contribution in [1.29, 1.82) is 0 Å². The molecule has 1 aromatic heterocycles. The lowest BCUT2D eigenvalue weighted by atomic mass is 10.1. The Morgan fingerprint density at radius 2 is 2.00 bits per heavy atom. The lowest BCUT2D eigenvalue weighted by molar-refractivity contribution is -0.0491. The third kappa shape index (κ3) is 2.62. The number of ether oxygens (including phenoxy) is 1. The number of benzene rings is 1. The number of aromatic amines is 1. The summed E-state index contributed by atoms with van der Waals surface area (Å²) in [5.41, 5.74) is 5.01. The van der Waals surface area contributed by atoms with E-state index in [1.54, 1.807) is 24.3 Å². The molecule has 1 fully saturated rings. The van der Waals surface area contributed by atoms with Crippen molar-refractivity contribution in [2.45, 2.75) is 24.6 Å². The van der Waals surface area contributed by atoms with Gasteiger partial charge in [-0.2, -0.15) is 0 Å². The van der Waals surface area contributed by atoms with Crippen molar-refractivity contribution in [3.8, 4) is 11.1 Å². The van der Waals surface area contributed by atoms with E-state index in [9.17, 15) is 19.1 Å². The molecule has 0 unspecified atom stereocenters. The maximum Gasteiger partial charge on any atom is 0.330 e.